The van der Waals surface area contributed by atoms with Gasteiger partial charge >= 0.3 is 0 Å². The molecule has 5 heteroatoms. The minimum absolute atomic E-state index is 0.159. The molecule has 1 aliphatic heterocycles. The molecule has 0 amide bonds. The topological polar surface area (TPSA) is 32.7 Å². The van der Waals surface area contributed by atoms with E-state index in [0.29, 0.717) is 31.0 Å². The van der Waals surface area contributed by atoms with Gasteiger partial charge in [0.25, 0.3) is 0 Å². The van der Waals surface area contributed by atoms with Gasteiger partial charge in [0.2, 0.25) is 6.43 Å². The number of carbonyl (C=O) groups excluding carboxylic acids is 1. The second kappa shape index (κ2) is 13.3. The SMILES string of the molecule is CCC(CC)C(F)F.CCCC(=O)C(N=C1CCC(c2ccccc2)N1C)=C(C)C. The molecule has 0 saturated carbocycles. The Labute approximate surface area is 181 Å². The molecule has 1 atom stereocenters. The molecule has 1 aliphatic rings. The number of hydrogen-bond acceptors (Lipinski definition) is 2. The first-order chi connectivity index (χ1) is 14.3. The van der Waals surface area contributed by atoms with Crippen LogP contribution >= 0.6 is 0 Å². The molecular formula is C25H38F2N2O. The third-order valence-electron chi connectivity index (χ3n) is 5.56. The van der Waals surface area contributed by atoms with E-state index >= 15 is 0 Å². The van der Waals surface area contributed by atoms with Crippen LogP contribution in [-0.4, -0.2) is 30.0 Å². The van der Waals surface area contributed by atoms with Crippen molar-refractivity contribution in [2.75, 3.05) is 7.05 Å². The highest BCUT2D eigenvalue weighted by atomic mass is 19.3. The van der Waals surface area contributed by atoms with Crippen molar-refractivity contribution < 1.29 is 13.6 Å². The summed E-state index contributed by atoms with van der Waals surface area (Å²) < 4.78 is 23.4. The summed E-state index contributed by atoms with van der Waals surface area (Å²) in [6.45, 7) is 9.55. The van der Waals surface area contributed by atoms with Crippen molar-refractivity contribution in [3.63, 3.8) is 0 Å². The van der Waals surface area contributed by atoms with E-state index in [2.05, 4.69) is 36.2 Å². The molecule has 0 aromatic heterocycles. The van der Waals surface area contributed by atoms with Crippen LogP contribution in [0.3, 0.4) is 0 Å². The maximum absolute atomic E-state index is 12.2. The molecule has 1 unspecified atom stereocenters. The normalized spacial score (nSPS) is 17.3. The Balaban J connectivity index is 0.000000479. The summed E-state index contributed by atoms with van der Waals surface area (Å²) in [5, 5.41) is 0. The Hall–Kier alpha value is -2.04. The zero-order valence-corrected chi connectivity index (χ0v) is 19.4. The third kappa shape index (κ3) is 7.66. The van der Waals surface area contributed by atoms with Crippen LogP contribution in [0.5, 0.6) is 0 Å². The predicted molar refractivity (Wildman–Crippen MR) is 122 cm³/mol. The van der Waals surface area contributed by atoms with E-state index in [9.17, 15) is 13.6 Å². The summed E-state index contributed by atoms with van der Waals surface area (Å²) in [5.74, 6) is 0.802. The van der Waals surface area contributed by atoms with E-state index in [1.807, 2.05) is 26.8 Å². The lowest BCUT2D eigenvalue weighted by atomic mass is 10.1. The molecule has 168 valence electrons. The molecule has 1 fully saturated rings. The number of aliphatic imine (C=N–C) groups is 1. The highest BCUT2D eigenvalue weighted by Crippen LogP contribution is 2.32. The fourth-order valence-corrected chi connectivity index (χ4v) is 3.59. The number of amidine groups is 1. The van der Waals surface area contributed by atoms with E-state index in [1.54, 1.807) is 13.8 Å². The van der Waals surface area contributed by atoms with Crippen LogP contribution in [0.4, 0.5) is 8.78 Å². The smallest absolute Gasteiger partial charge is 0.241 e. The Morgan fingerprint density at radius 2 is 1.73 bits per heavy atom. The molecule has 0 spiro atoms. The quantitative estimate of drug-likeness (QED) is 0.416. The molecule has 0 radical (unpaired) electrons. The number of likely N-dealkylation sites (tertiary alicyclic amines) is 1. The number of alkyl halides is 2. The molecule has 1 saturated heterocycles. The molecule has 2 rings (SSSR count). The van der Waals surface area contributed by atoms with Crippen molar-refractivity contribution in [3.8, 4) is 0 Å². The summed E-state index contributed by atoms with van der Waals surface area (Å²) >= 11 is 0. The molecule has 30 heavy (non-hydrogen) atoms. The van der Waals surface area contributed by atoms with Gasteiger partial charge in [-0.1, -0.05) is 51.1 Å². The lowest BCUT2D eigenvalue weighted by Gasteiger charge is -2.22. The van der Waals surface area contributed by atoms with Crippen LogP contribution in [0.2, 0.25) is 0 Å². The van der Waals surface area contributed by atoms with Gasteiger partial charge in [0.15, 0.2) is 5.78 Å². The summed E-state index contributed by atoms with van der Waals surface area (Å²) in [6, 6.07) is 10.9. The number of hydrogen-bond donors (Lipinski definition) is 0. The minimum atomic E-state index is -2.12. The van der Waals surface area contributed by atoms with Crippen molar-refractivity contribution in [2.45, 2.75) is 85.6 Å². The fraction of sp³-hybridized carbons (Fsp3) is 0.600. The Morgan fingerprint density at radius 3 is 2.17 bits per heavy atom. The van der Waals surface area contributed by atoms with Gasteiger partial charge in [-0.15, -0.1) is 0 Å². The van der Waals surface area contributed by atoms with Crippen molar-refractivity contribution in [1.29, 1.82) is 0 Å². The second-order valence-corrected chi connectivity index (χ2v) is 8.04. The van der Waals surface area contributed by atoms with E-state index in [1.165, 1.54) is 5.56 Å². The third-order valence-corrected chi connectivity index (χ3v) is 5.56. The van der Waals surface area contributed by atoms with Crippen LogP contribution in [-0.2, 0) is 4.79 Å². The average Bonchev–Trinajstić information content (AvgIpc) is 3.08. The van der Waals surface area contributed by atoms with E-state index in [-0.39, 0.29) is 11.7 Å². The number of rotatable bonds is 8. The van der Waals surface area contributed by atoms with Gasteiger partial charge < -0.3 is 4.90 Å². The number of allylic oxidation sites excluding steroid dienone is 2. The van der Waals surface area contributed by atoms with Gasteiger partial charge in [0.05, 0.1) is 6.04 Å². The van der Waals surface area contributed by atoms with Crippen molar-refractivity contribution in [1.82, 2.24) is 4.90 Å². The zero-order valence-electron chi connectivity index (χ0n) is 19.4. The Morgan fingerprint density at radius 1 is 1.13 bits per heavy atom. The molecule has 1 aromatic rings. The summed E-state index contributed by atoms with van der Waals surface area (Å²) in [7, 11) is 2.08. The van der Waals surface area contributed by atoms with Gasteiger partial charge in [-0.05, 0) is 50.7 Å². The van der Waals surface area contributed by atoms with Gasteiger partial charge in [-0.2, -0.15) is 0 Å². The molecule has 0 aliphatic carbocycles. The standard InChI is InChI=1S/C19H26N2O.C6H12F2/c1-5-9-17(22)19(14(2)3)20-18-13-12-16(21(18)4)15-10-7-6-8-11-15;1-3-5(4-2)6(7)8/h6-8,10-11,16H,5,9,12-13H2,1-4H3;5-6H,3-4H2,1-2H3. The maximum Gasteiger partial charge on any atom is 0.241 e. The average molecular weight is 421 g/mol. The number of Topliss-reactive ketones (excluding diaryl/α,β-unsaturated/α-hetero) is 1. The second-order valence-electron chi connectivity index (χ2n) is 8.04. The number of halogens is 2. The molecule has 0 bridgehead atoms. The van der Waals surface area contributed by atoms with Crippen LogP contribution in [0, 0.1) is 5.92 Å². The number of ketones is 1. The monoisotopic (exact) mass is 420 g/mol. The zero-order chi connectivity index (χ0) is 22.7. The van der Waals surface area contributed by atoms with Gasteiger partial charge in [-0.25, -0.2) is 13.8 Å². The van der Waals surface area contributed by atoms with Crippen LogP contribution < -0.4 is 0 Å². The van der Waals surface area contributed by atoms with Crippen molar-refractivity contribution >= 4 is 11.6 Å². The number of carbonyl (C=O) groups is 1. The predicted octanol–water partition coefficient (Wildman–Crippen LogP) is 7.20. The highest BCUT2D eigenvalue weighted by Gasteiger charge is 2.28. The largest absolute Gasteiger partial charge is 0.356 e. The van der Waals surface area contributed by atoms with Crippen molar-refractivity contribution in [3.05, 3.63) is 47.2 Å². The van der Waals surface area contributed by atoms with E-state index in [0.717, 1.165) is 30.7 Å². The molecule has 1 heterocycles. The summed E-state index contributed by atoms with van der Waals surface area (Å²) in [4.78, 5) is 19.2. The van der Waals surface area contributed by atoms with Gasteiger partial charge in [-0.3, -0.25) is 4.79 Å². The first-order valence-electron chi connectivity index (χ1n) is 11.1. The van der Waals surface area contributed by atoms with Gasteiger partial charge in [0, 0.05) is 25.8 Å². The van der Waals surface area contributed by atoms with E-state index < -0.39 is 6.43 Å². The van der Waals surface area contributed by atoms with Crippen LogP contribution in [0.25, 0.3) is 0 Å². The summed E-state index contributed by atoms with van der Waals surface area (Å²) in [5.41, 5.74) is 2.97. The van der Waals surface area contributed by atoms with Crippen molar-refractivity contribution in [2.24, 2.45) is 10.9 Å². The number of benzene rings is 1. The maximum atomic E-state index is 12.2. The molecule has 0 N–H and O–H groups in total. The van der Waals surface area contributed by atoms with E-state index in [4.69, 9.17) is 4.99 Å². The molecule has 1 aromatic carbocycles. The Bertz CT molecular complexity index is 705. The Kier molecular flexibility index (Phi) is 11.5. The fourth-order valence-electron chi connectivity index (χ4n) is 3.59. The lowest BCUT2D eigenvalue weighted by molar-refractivity contribution is -0.115. The highest BCUT2D eigenvalue weighted by molar-refractivity contribution is 5.99. The van der Waals surface area contributed by atoms with Crippen LogP contribution in [0.1, 0.15) is 84.7 Å². The summed E-state index contributed by atoms with van der Waals surface area (Å²) in [6.07, 6.45) is 2.47. The van der Waals surface area contributed by atoms with Crippen LogP contribution in [0.15, 0.2) is 46.6 Å². The first-order valence-corrected chi connectivity index (χ1v) is 11.1. The first kappa shape index (κ1) is 26.0. The lowest BCUT2D eigenvalue weighted by Crippen LogP contribution is -2.23. The van der Waals surface area contributed by atoms with Gasteiger partial charge in [0.1, 0.15) is 11.5 Å². The minimum Gasteiger partial charge on any atom is -0.356 e. The number of nitrogens with zero attached hydrogens (tertiary/aromatic N) is 2. The molecular weight excluding hydrogens is 382 g/mol. The molecule has 3 nitrogen and oxygen atoms in total.